The molecule has 3 aromatic rings. The van der Waals surface area contributed by atoms with E-state index in [1.54, 1.807) is 0 Å². The van der Waals surface area contributed by atoms with Crippen LogP contribution in [0, 0.1) is 0 Å². The summed E-state index contributed by atoms with van der Waals surface area (Å²) < 4.78 is 5.98. The third kappa shape index (κ3) is 3.44. The van der Waals surface area contributed by atoms with Crippen molar-refractivity contribution < 1.29 is 9.53 Å². The molecule has 0 atom stereocenters. The molecule has 1 heterocycles. The normalized spacial score (nSPS) is 10.8. The molecule has 0 aliphatic rings. The number of carbonyl (C=O) groups excluding carboxylic acids is 1. The summed E-state index contributed by atoms with van der Waals surface area (Å²) in [6, 6.07) is 14.0. The Labute approximate surface area is 150 Å². The molecule has 1 N–H and O–H groups in total. The van der Waals surface area contributed by atoms with Gasteiger partial charge in [0.2, 0.25) is 0 Å². The number of aromatic nitrogens is 2. The predicted octanol–water partition coefficient (Wildman–Crippen LogP) is 2.02. The van der Waals surface area contributed by atoms with E-state index in [0.717, 1.165) is 16.3 Å². The number of ether oxygens (including phenoxy) is 1. The van der Waals surface area contributed by atoms with Crippen LogP contribution in [-0.4, -0.2) is 22.6 Å². The third-order valence-electron chi connectivity index (χ3n) is 4.47. The van der Waals surface area contributed by atoms with Crippen LogP contribution in [0.1, 0.15) is 23.7 Å². The molecule has 0 spiro atoms. The highest BCUT2D eigenvalue weighted by Gasteiger charge is 2.16. The maximum Gasteiger partial charge on any atom is 0.329 e. The van der Waals surface area contributed by atoms with Crippen LogP contribution in [0.25, 0.3) is 10.8 Å². The Balaban J connectivity index is 2.13. The molecule has 0 saturated heterocycles. The van der Waals surface area contributed by atoms with E-state index in [0.29, 0.717) is 24.1 Å². The van der Waals surface area contributed by atoms with Crippen LogP contribution in [0.15, 0.2) is 52.1 Å². The number of hydrogen-bond acceptors (Lipinski definition) is 4. The number of aromatic amines is 1. The minimum atomic E-state index is -0.603. The molecule has 134 valence electrons. The van der Waals surface area contributed by atoms with Crippen LogP contribution < -0.4 is 11.2 Å². The van der Waals surface area contributed by atoms with Crippen LogP contribution in [0.2, 0.25) is 0 Å². The zero-order chi connectivity index (χ0) is 18.7. The molecular formula is C20H20N2O4. The molecule has 0 radical (unpaired) electrons. The van der Waals surface area contributed by atoms with Crippen molar-refractivity contribution in [3.63, 3.8) is 0 Å². The minimum Gasteiger partial charge on any atom is -0.468 e. The summed E-state index contributed by atoms with van der Waals surface area (Å²) in [5, 5.41) is 2.19. The average molecular weight is 352 g/mol. The highest BCUT2D eigenvalue weighted by Crippen LogP contribution is 2.18. The zero-order valence-corrected chi connectivity index (χ0v) is 14.7. The molecule has 1 aromatic heterocycles. The topological polar surface area (TPSA) is 81.2 Å². The molecule has 2 aromatic carbocycles. The minimum absolute atomic E-state index is 0.234. The number of fused-ring (bicyclic) bond motifs is 1. The highest BCUT2D eigenvalue weighted by atomic mass is 16.5. The van der Waals surface area contributed by atoms with Gasteiger partial charge in [-0.05, 0) is 22.8 Å². The molecule has 3 rings (SSSR count). The van der Waals surface area contributed by atoms with Crippen LogP contribution in [0.4, 0.5) is 0 Å². The van der Waals surface area contributed by atoms with E-state index in [2.05, 4.69) is 9.72 Å². The van der Waals surface area contributed by atoms with Gasteiger partial charge in [-0.15, -0.1) is 0 Å². The number of hydrogen-bond donors (Lipinski definition) is 1. The van der Waals surface area contributed by atoms with E-state index in [1.165, 1.54) is 11.7 Å². The first-order valence-corrected chi connectivity index (χ1v) is 8.42. The second kappa shape index (κ2) is 7.39. The number of rotatable bonds is 5. The standard InChI is InChI=1S/C20H20N2O4/c1-3-16-17(22(12-18(23)26-2)20(25)21-19(16)24)11-13-8-9-14-6-4-5-7-15(14)10-13/h4-10H,3,11-12H2,1-2H3,(H,21,24,25). The van der Waals surface area contributed by atoms with Gasteiger partial charge in [0, 0.05) is 17.7 Å². The maximum atomic E-state index is 12.3. The predicted molar refractivity (Wildman–Crippen MR) is 99.5 cm³/mol. The number of esters is 1. The van der Waals surface area contributed by atoms with Crippen LogP contribution >= 0.6 is 0 Å². The van der Waals surface area contributed by atoms with Crippen molar-refractivity contribution in [1.29, 1.82) is 0 Å². The fourth-order valence-electron chi connectivity index (χ4n) is 3.13. The van der Waals surface area contributed by atoms with Crippen LogP contribution in [0.5, 0.6) is 0 Å². The lowest BCUT2D eigenvalue weighted by Crippen LogP contribution is -2.37. The highest BCUT2D eigenvalue weighted by molar-refractivity contribution is 5.83. The number of nitrogens with zero attached hydrogens (tertiary/aromatic N) is 1. The molecule has 0 unspecified atom stereocenters. The van der Waals surface area contributed by atoms with Gasteiger partial charge in [-0.1, -0.05) is 49.4 Å². The van der Waals surface area contributed by atoms with Crippen molar-refractivity contribution >= 4 is 16.7 Å². The van der Waals surface area contributed by atoms with Gasteiger partial charge in [-0.2, -0.15) is 0 Å². The van der Waals surface area contributed by atoms with Gasteiger partial charge < -0.3 is 4.74 Å². The van der Waals surface area contributed by atoms with Gasteiger partial charge in [0.25, 0.3) is 5.56 Å². The third-order valence-corrected chi connectivity index (χ3v) is 4.47. The molecule has 0 bridgehead atoms. The summed E-state index contributed by atoms with van der Waals surface area (Å²) in [6.07, 6.45) is 0.837. The first-order valence-electron chi connectivity index (χ1n) is 8.42. The number of carbonyl (C=O) groups is 1. The number of H-pyrrole nitrogens is 1. The quantitative estimate of drug-likeness (QED) is 0.712. The molecule has 0 aliphatic carbocycles. The molecule has 26 heavy (non-hydrogen) atoms. The number of benzene rings is 2. The summed E-state index contributed by atoms with van der Waals surface area (Å²) in [4.78, 5) is 38.5. The van der Waals surface area contributed by atoms with Gasteiger partial charge in [0.05, 0.1) is 7.11 Å². The smallest absolute Gasteiger partial charge is 0.329 e. The largest absolute Gasteiger partial charge is 0.468 e. The molecule has 0 fully saturated rings. The molecule has 0 saturated carbocycles. The number of methoxy groups -OCH3 is 1. The SMILES string of the molecule is CCc1c(Cc2ccc3ccccc3c2)n(CC(=O)OC)c(=O)[nH]c1=O. The Hall–Kier alpha value is -3.15. The second-order valence-corrected chi connectivity index (χ2v) is 6.06. The van der Waals surface area contributed by atoms with Crippen LogP contribution in [-0.2, 0) is 28.9 Å². The van der Waals surface area contributed by atoms with E-state index >= 15 is 0 Å². The Bertz CT molecular complexity index is 1080. The fraction of sp³-hybridized carbons (Fsp3) is 0.250. The van der Waals surface area contributed by atoms with Crippen molar-refractivity contribution in [1.82, 2.24) is 9.55 Å². The van der Waals surface area contributed by atoms with Crippen molar-refractivity contribution in [2.45, 2.75) is 26.3 Å². The van der Waals surface area contributed by atoms with E-state index in [4.69, 9.17) is 0 Å². The molecule has 0 amide bonds. The Morgan fingerprint density at radius 3 is 2.54 bits per heavy atom. The Morgan fingerprint density at radius 2 is 1.85 bits per heavy atom. The summed E-state index contributed by atoms with van der Waals surface area (Å²) in [6.45, 7) is 1.61. The summed E-state index contributed by atoms with van der Waals surface area (Å²) >= 11 is 0. The van der Waals surface area contributed by atoms with Crippen molar-refractivity contribution in [2.75, 3.05) is 7.11 Å². The lowest BCUT2D eigenvalue weighted by Gasteiger charge is -2.15. The van der Waals surface area contributed by atoms with Crippen molar-refractivity contribution in [3.8, 4) is 0 Å². The Kier molecular flexibility index (Phi) is 5.02. The summed E-state index contributed by atoms with van der Waals surface area (Å²) in [5.41, 5.74) is 0.994. The van der Waals surface area contributed by atoms with E-state index in [9.17, 15) is 14.4 Å². The zero-order valence-electron chi connectivity index (χ0n) is 14.7. The van der Waals surface area contributed by atoms with Gasteiger partial charge >= 0.3 is 11.7 Å². The van der Waals surface area contributed by atoms with Gasteiger partial charge in [0.1, 0.15) is 6.54 Å². The molecule has 0 aliphatic heterocycles. The Morgan fingerprint density at radius 1 is 1.12 bits per heavy atom. The molecular weight excluding hydrogens is 332 g/mol. The van der Waals surface area contributed by atoms with E-state index in [1.807, 2.05) is 49.4 Å². The second-order valence-electron chi connectivity index (χ2n) is 6.06. The van der Waals surface area contributed by atoms with Crippen molar-refractivity contribution in [2.24, 2.45) is 0 Å². The molecule has 6 nitrogen and oxygen atoms in total. The monoisotopic (exact) mass is 352 g/mol. The van der Waals surface area contributed by atoms with E-state index < -0.39 is 17.2 Å². The van der Waals surface area contributed by atoms with Gasteiger partial charge in [-0.25, -0.2) is 4.79 Å². The summed E-state index contributed by atoms with van der Waals surface area (Å²) in [7, 11) is 1.27. The van der Waals surface area contributed by atoms with Gasteiger partial charge in [-0.3, -0.25) is 19.1 Å². The lowest BCUT2D eigenvalue weighted by atomic mass is 10.0. The molecule has 6 heteroatoms. The number of nitrogens with one attached hydrogen (secondary N) is 1. The first-order chi connectivity index (χ1) is 12.5. The van der Waals surface area contributed by atoms with E-state index in [-0.39, 0.29) is 6.54 Å². The fourth-order valence-corrected chi connectivity index (χ4v) is 3.13. The summed E-state index contributed by atoms with van der Waals surface area (Å²) in [5.74, 6) is -0.541. The van der Waals surface area contributed by atoms with Crippen molar-refractivity contribution in [3.05, 3.63) is 80.1 Å². The van der Waals surface area contributed by atoms with Crippen LogP contribution in [0.3, 0.4) is 0 Å². The first kappa shape index (κ1) is 17.7. The van der Waals surface area contributed by atoms with Gasteiger partial charge in [0.15, 0.2) is 0 Å². The average Bonchev–Trinajstić information content (AvgIpc) is 2.64. The maximum absolute atomic E-state index is 12.3. The lowest BCUT2D eigenvalue weighted by molar-refractivity contribution is -0.141.